The maximum Gasteiger partial charge on any atom is 0.257 e. The fraction of sp³-hybridized carbons (Fsp3) is 0.588. The molecule has 1 saturated heterocycles. The van der Waals surface area contributed by atoms with Crippen LogP contribution in [-0.2, 0) is 4.74 Å². The van der Waals surface area contributed by atoms with Gasteiger partial charge in [-0.15, -0.1) is 5.10 Å². The summed E-state index contributed by atoms with van der Waals surface area (Å²) in [6, 6.07) is 0.331. The molecule has 8 heteroatoms. The van der Waals surface area contributed by atoms with E-state index >= 15 is 0 Å². The summed E-state index contributed by atoms with van der Waals surface area (Å²) in [5.74, 6) is 1.69. The van der Waals surface area contributed by atoms with Gasteiger partial charge in [0.1, 0.15) is 5.69 Å². The van der Waals surface area contributed by atoms with Crippen LogP contribution in [0, 0.1) is 13.8 Å². The fourth-order valence-corrected chi connectivity index (χ4v) is 3.16. The zero-order chi connectivity index (χ0) is 17.2. The van der Waals surface area contributed by atoms with Gasteiger partial charge in [-0.3, -0.25) is 4.68 Å². The molecular weight excluding hydrogens is 322 g/mol. The Labute approximate surface area is 146 Å². The Morgan fingerprint density at radius 2 is 1.84 bits per heavy atom. The number of nitrogens with one attached hydrogen (secondary N) is 1. The molecule has 4 rings (SSSR count). The smallest absolute Gasteiger partial charge is 0.257 e. The van der Waals surface area contributed by atoms with E-state index < -0.39 is 0 Å². The van der Waals surface area contributed by atoms with Crippen molar-refractivity contribution in [2.45, 2.75) is 39.2 Å². The summed E-state index contributed by atoms with van der Waals surface area (Å²) < 4.78 is 19.2. The van der Waals surface area contributed by atoms with Crippen molar-refractivity contribution >= 4 is 11.6 Å². The van der Waals surface area contributed by atoms with E-state index in [0.717, 1.165) is 49.4 Å². The number of aromatic nitrogens is 4. The van der Waals surface area contributed by atoms with Crippen LogP contribution in [0.15, 0.2) is 6.20 Å². The maximum absolute atomic E-state index is 5.92. The maximum atomic E-state index is 5.92. The van der Waals surface area contributed by atoms with Gasteiger partial charge in [-0.25, -0.2) is 4.98 Å². The zero-order valence-electron chi connectivity index (χ0n) is 14.6. The molecule has 2 aliphatic rings. The summed E-state index contributed by atoms with van der Waals surface area (Å²) in [7, 11) is 0. The molecule has 25 heavy (non-hydrogen) atoms. The molecule has 1 fully saturated rings. The van der Waals surface area contributed by atoms with Crippen molar-refractivity contribution in [3.05, 3.63) is 17.5 Å². The van der Waals surface area contributed by atoms with Crippen molar-refractivity contribution in [2.24, 2.45) is 0 Å². The molecular formula is C17H23N5O3. The van der Waals surface area contributed by atoms with Crippen LogP contribution in [0.2, 0.25) is 0 Å². The first kappa shape index (κ1) is 16.1. The Bertz CT molecular complexity index is 755. The van der Waals surface area contributed by atoms with Crippen molar-refractivity contribution in [1.82, 2.24) is 19.7 Å². The van der Waals surface area contributed by atoms with Gasteiger partial charge in [-0.1, -0.05) is 0 Å². The molecule has 0 spiro atoms. The molecule has 4 heterocycles. The predicted octanol–water partition coefficient (Wildman–Crippen LogP) is 2.55. The molecule has 0 unspecified atom stereocenters. The van der Waals surface area contributed by atoms with E-state index in [0.29, 0.717) is 37.0 Å². The van der Waals surface area contributed by atoms with E-state index in [9.17, 15) is 0 Å². The van der Waals surface area contributed by atoms with Gasteiger partial charge in [0, 0.05) is 31.4 Å². The SMILES string of the molecule is Cc1cnc2nc1OCCCOc1nn(C3CCOCC3)c(C)c1N2. The van der Waals surface area contributed by atoms with Crippen LogP contribution in [0.5, 0.6) is 11.8 Å². The van der Waals surface area contributed by atoms with Crippen LogP contribution in [0.25, 0.3) is 0 Å². The molecule has 134 valence electrons. The van der Waals surface area contributed by atoms with Gasteiger partial charge < -0.3 is 19.5 Å². The van der Waals surface area contributed by atoms with Crippen LogP contribution in [-0.4, -0.2) is 46.2 Å². The third kappa shape index (κ3) is 3.26. The number of rotatable bonds is 1. The number of ether oxygens (including phenoxy) is 3. The van der Waals surface area contributed by atoms with Crippen molar-refractivity contribution < 1.29 is 14.2 Å². The summed E-state index contributed by atoms with van der Waals surface area (Å²) in [6.07, 6.45) is 4.45. The lowest BCUT2D eigenvalue weighted by atomic mass is 10.1. The second-order valence-electron chi connectivity index (χ2n) is 6.41. The molecule has 0 amide bonds. The molecule has 1 N–H and O–H groups in total. The highest BCUT2D eigenvalue weighted by Gasteiger charge is 2.24. The quantitative estimate of drug-likeness (QED) is 0.850. The first-order valence-corrected chi connectivity index (χ1v) is 8.75. The van der Waals surface area contributed by atoms with Crippen LogP contribution in [0.3, 0.4) is 0 Å². The molecule has 2 bridgehead atoms. The number of nitrogens with zero attached hydrogens (tertiary/aromatic N) is 4. The largest absolute Gasteiger partial charge is 0.477 e. The zero-order valence-corrected chi connectivity index (χ0v) is 14.6. The first-order valence-electron chi connectivity index (χ1n) is 8.75. The summed E-state index contributed by atoms with van der Waals surface area (Å²) in [5.41, 5.74) is 2.76. The van der Waals surface area contributed by atoms with E-state index in [2.05, 4.69) is 20.0 Å². The lowest BCUT2D eigenvalue weighted by molar-refractivity contribution is 0.0652. The minimum absolute atomic E-state index is 0.331. The Morgan fingerprint density at radius 1 is 1.08 bits per heavy atom. The predicted molar refractivity (Wildman–Crippen MR) is 91.7 cm³/mol. The first-order chi connectivity index (χ1) is 12.2. The van der Waals surface area contributed by atoms with Crippen LogP contribution < -0.4 is 14.8 Å². The molecule has 0 radical (unpaired) electrons. The Morgan fingerprint density at radius 3 is 2.64 bits per heavy atom. The summed E-state index contributed by atoms with van der Waals surface area (Å²) >= 11 is 0. The lowest BCUT2D eigenvalue weighted by Crippen LogP contribution is -2.21. The van der Waals surface area contributed by atoms with E-state index in [4.69, 9.17) is 19.3 Å². The standard InChI is InChI=1S/C17H23N5O3/c1-11-10-18-17-19-14-12(2)22(13-4-8-23-9-5-13)21-16(14)25-7-3-6-24-15(11)20-17/h10,13H,3-9H2,1-2H3,(H,18,19,20). The van der Waals surface area contributed by atoms with Gasteiger partial charge >= 0.3 is 0 Å². The summed E-state index contributed by atoms with van der Waals surface area (Å²) in [6.45, 7) is 6.61. The third-order valence-corrected chi connectivity index (χ3v) is 4.58. The summed E-state index contributed by atoms with van der Waals surface area (Å²) in [5, 5.41) is 7.99. The number of fused-ring (bicyclic) bond motifs is 3. The van der Waals surface area contributed by atoms with Gasteiger partial charge in [0.25, 0.3) is 5.88 Å². The van der Waals surface area contributed by atoms with Gasteiger partial charge in [-0.2, -0.15) is 4.98 Å². The van der Waals surface area contributed by atoms with Crippen molar-refractivity contribution in [3.8, 4) is 11.8 Å². The summed E-state index contributed by atoms with van der Waals surface area (Å²) in [4.78, 5) is 8.84. The molecule has 8 nitrogen and oxygen atoms in total. The number of hydrogen-bond donors (Lipinski definition) is 1. The van der Waals surface area contributed by atoms with Crippen molar-refractivity contribution in [3.63, 3.8) is 0 Å². The highest BCUT2D eigenvalue weighted by atomic mass is 16.5. The van der Waals surface area contributed by atoms with Crippen LogP contribution in [0.4, 0.5) is 11.6 Å². The Hall–Kier alpha value is -2.35. The number of anilines is 2. The van der Waals surface area contributed by atoms with E-state index in [-0.39, 0.29) is 0 Å². The normalized spacial score (nSPS) is 18.3. The van der Waals surface area contributed by atoms with Gasteiger partial charge in [0.2, 0.25) is 11.8 Å². The van der Waals surface area contributed by atoms with E-state index in [1.807, 2.05) is 13.8 Å². The molecule has 0 aliphatic carbocycles. The number of aryl methyl sites for hydroxylation is 1. The van der Waals surface area contributed by atoms with Gasteiger partial charge in [0.15, 0.2) is 0 Å². The van der Waals surface area contributed by atoms with Crippen LogP contribution in [0.1, 0.15) is 36.6 Å². The third-order valence-electron chi connectivity index (χ3n) is 4.58. The average molecular weight is 345 g/mol. The fourth-order valence-electron chi connectivity index (χ4n) is 3.16. The molecule has 0 atom stereocenters. The Balaban J connectivity index is 1.71. The van der Waals surface area contributed by atoms with Crippen LogP contribution >= 0.6 is 0 Å². The minimum atomic E-state index is 0.331. The minimum Gasteiger partial charge on any atom is -0.477 e. The molecule has 2 aliphatic heterocycles. The highest BCUT2D eigenvalue weighted by Crippen LogP contribution is 2.34. The monoisotopic (exact) mass is 345 g/mol. The van der Waals surface area contributed by atoms with Gasteiger partial charge in [-0.05, 0) is 26.7 Å². The highest BCUT2D eigenvalue weighted by molar-refractivity contribution is 5.63. The Kier molecular flexibility index (Phi) is 4.44. The molecule has 0 aromatic carbocycles. The average Bonchev–Trinajstić information content (AvgIpc) is 2.92. The second kappa shape index (κ2) is 6.87. The number of hydrogen-bond acceptors (Lipinski definition) is 7. The molecule has 2 aromatic rings. The lowest BCUT2D eigenvalue weighted by Gasteiger charge is -2.23. The second-order valence-corrected chi connectivity index (χ2v) is 6.41. The van der Waals surface area contributed by atoms with Crippen molar-refractivity contribution in [2.75, 3.05) is 31.7 Å². The van der Waals surface area contributed by atoms with Crippen molar-refractivity contribution in [1.29, 1.82) is 0 Å². The van der Waals surface area contributed by atoms with E-state index in [1.165, 1.54) is 0 Å². The topological polar surface area (TPSA) is 83.3 Å². The molecule has 0 saturated carbocycles. The molecule has 2 aromatic heterocycles. The van der Waals surface area contributed by atoms with E-state index in [1.54, 1.807) is 6.20 Å². The van der Waals surface area contributed by atoms with Gasteiger partial charge in [0.05, 0.1) is 24.9 Å².